The van der Waals surface area contributed by atoms with E-state index in [2.05, 4.69) is 5.32 Å². The van der Waals surface area contributed by atoms with Gasteiger partial charge in [-0.3, -0.25) is 14.4 Å². The topological polar surface area (TPSA) is 136 Å². The molecule has 3 fully saturated rings. The molecule has 4 aliphatic carbocycles. The number of hydrogen-bond acceptors (Lipinski definition) is 8. The number of aliphatic hydroxyl groups is 1. The number of esters is 1. The summed E-state index contributed by atoms with van der Waals surface area (Å²) in [6.45, 7) is 2.54. The van der Waals surface area contributed by atoms with Crippen molar-refractivity contribution < 1.29 is 46.6 Å². The number of rotatable bonds is 6. The number of hydrogen-bond donors (Lipinski definition) is 3. The third kappa shape index (κ3) is 4.49. The zero-order valence-corrected chi connectivity index (χ0v) is 24.3. The van der Waals surface area contributed by atoms with Crippen molar-refractivity contribution in [3.63, 3.8) is 0 Å². The van der Waals surface area contributed by atoms with E-state index in [4.69, 9.17) is 10.5 Å². The molecule has 8 nitrogen and oxygen atoms in total. The number of nitrogens with one attached hydrogen (secondary N) is 1. The Labute approximate surface area is 249 Å². The van der Waals surface area contributed by atoms with Crippen molar-refractivity contribution >= 4 is 40.2 Å². The summed E-state index contributed by atoms with van der Waals surface area (Å²) in [5.74, 6) is -5.10. The first-order valence-corrected chi connectivity index (χ1v) is 14.9. The number of carbonyl (C=O) groups excluding carboxylic acids is 4. The molecule has 4 N–H and O–H groups in total. The molecule has 0 saturated heterocycles. The molecule has 0 aromatic heterocycles. The maximum atomic E-state index is 17.4. The molecule has 0 spiro atoms. The van der Waals surface area contributed by atoms with Gasteiger partial charge in [-0.15, -0.1) is 0 Å². The van der Waals surface area contributed by atoms with Crippen LogP contribution in [-0.4, -0.2) is 64.0 Å². The normalized spacial score (nSPS) is 38.0. The molecule has 1 amide bonds. The summed E-state index contributed by atoms with van der Waals surface area (Å²) in [6, 6.07) is 1.84. The van der Waals surface area contributed by atoms with Crippen LogP contribution in [0, 0.1) is 28.5 Å². The van der Waals surface area contributed by atoms with E-state index in [9.17, 15) is 33.1 Å². The third-order valence-corrected chi connectivity index (χ3v) is 10.9. The minimum Gasteiger partial charge on any atom is -0.446 e. The fraction of sp³-hybridized carbons (Fsp3) is 0.533. The molecule has 0 radical (unpaired) electrons. The number of fused-ring (bicyclic) bond motifs is 5. The predicted molar refractivity (Wildman–Crippen MR) is 149 cm³/mol. The summed E-state index contributed by atoms with van der Waals surface area (Å²) in [6.07, 6.45) is -0.820. The maximum Gasteiger partial charge on any atom is 0.339 e. The number of aliphatic hydroxyl groups excluding tert-OH is 1. The van der Waals surface area contributed by atoms with Gasteiger partial charge in [0.25, 0.3) is 0 Å². The van der Waals surface area contributed by atoms with Crippen molar-refractivity contribution in [1.82, 2.24) is 0 Å². The number of halogens is 4. The van der Waals surface area contributed by atoms with E-state index in [0.717, 1.165) is 30.4 Å². The maximum absolute atomic E-state index is 17.4. The number of ether oxygens (including phenoxy) is 1. The Bertz CT molecular complexity index is 1460. The van der Waals surface area contributed by atoms with Crippen LogP contribution in [0.5, 0.6) is 0 Å². The Morgan fingerprint density at radius 2 is 1.95 bits per heavy atom. The van der Waals surface area contributed by atoms with Crippen LogP contribution in [0.4, 0.5) is 23.2 Å². The molecule has 0 bridgehead atoms. The molecular weight excluding hydrogens is 592 g/mol. The highest BCUT2D eigenvalue weighted by molar-refractivity contribution is 8.13. The Balaban J connectivity index is 1.55. The van der Waals surface area contributed by atoms with Gasteiger partial charge in [-0.05, 0) is 86.2 Å². The molecular formula is C30H32F4N2O6S. The van der Waals surface area contributed by atoms with Gasteiger partial charge in [0.2, 0.25) is 11.0 Å². The summed E-state index contributed by atoms with van der Waals surface area (Å²) >= 11 is 0.263. The second-order valence-corrected chi connectivity index (χ2v) is 13.0. The summed E-state index contributed by atoms with van der Waals surface area (Å²) < 4.78 is 66.9. The van der Waals surface area contributed by atoms with E-state index in [1.807, 2.05) is 0 Å². The van der Waals surface area contributed by atoms with Crippen LogP contribution in [-0.2, 0) is 19.1 Å². The van der Waals surface area contributed by atoms with Crippen LogP contribution in [0.3, 0.4) is 0 Å². The number of ketones is 1. The Morgan fingerprint density at radius 3 is 2.63 bits per heavy atom. The number of benzene rings is 1. The number of anilines is 1. The molecule has 1 aromatic carbocycles. The molecule has 13 heteroatoms. The lowest BCUT2D eigenvalue weighted by Crippen LogP contribution is -2.70. The molecule has 0 heterocycles. The van der Waals surface area contributed by atoms with E-state index >= 15 is 8.78 Å². The van der Waals surface area contributed by atoms with Gasteiger partial charge < -0.3 is 20.9 Å². The first-order valence-electron chi connectivity index (χ1n) is 13.9. The monoisotopic (exact) mass is 624 g/mol. The van der Waals surface area contributed by atoms with Gasteiger partial charge in [-0.2, -0.15) is 0 Å². The third-order valence-electron chi connectivity index (χ3n) is 10.2. The van der Waals surface area contributed by atoms with E-state index in [1.54, 1.807) is 6.92 Å². The summed E-state index contributed by atoms with van der Waals surface area (Å²) in [5, 5.41) is 12.9. The van der Waals surface area contributed by atoms with Gasteiger partial charge >= 0.3 is 5.97 Å². The van der Waals surface area contributed by atoms with Crippen LogP contribution in [0.1, 0.15) is 49.9 Å². The molecule has 0 aliphatic heterocycles. The average molecular weight is 625 g/mol. The highest BCUT2D eigenvalue weighted by Gasteiger charge is 2.76. The van der Waals surface area contributed by atoms with Gasteiger partial charge in [-0.25, -0.2) is 22.4 Å². The summed E-state index contributed by atoms with van der Waals surface area (Å²) in [4.78, 5) is 50.9. The molecule has 8 atom stereocenters. The van der Waals surface area contributed by atoms with Crippen molar-refractivity contribution in [3.8, 4) is 0 Å². The predicted octanol–water partition coefficient (Wildman–Crippen LogP) is 4.12. The zero-order chi connectivity index (χ0) is 31.5. The minimum atomic E-state index is -2.42. The van der Waals surface area contributed by atoms with Crippen LogP contribution >= 0.6 is 11.8 Å². The van der Waals surface area contributed by atoms with Crippen LogP contribution in [0.25, 0.3) is 0 Å². The quantitative estimate of drug-likeness (QED) is 0.318. The molecule has 4 aliphatic rings. The number of alkyl halides is 3. The molecule has 3 saturated carbocycles. The fourth-order valence-corrected chi connectivity index (χ4v) is 8.78. The van der Waals surface area contributed by atoms with Gasteiger partial charge in [0.15, 0.2) is 17.1 Å². The lowest BCUT2D eigenvalue weighted by atomic mass is 9.44. The van der Waals surface area contributed by atoms with Crippen molar-refractivity contribution in [3.05, 3.63) is 53.4 Å². The smallest absolute Gasteiger partial charge is 0.339 e. The standard InChI is InChI=1S/C30H32F4N2O6S/c1-27-7-5-16(37)10-19(27)21(33)11-18-17-6-8-29(26(41)43-14-31,28(17,2)12-23(38)30(18,27)34)42-25(40)15-3-4-20(32)22(9-15)36-24(39)13-35/h3-5,7,9-10,17-18,21,23,38H,6,8,11-14,35H2,1-2H3,(H,36,39)/t17-,18-,21-,23-,27-,28-,29-,30-/m0/s1. The minimum absolute atomic E-state index is 0.0602. The van der Waals surface area contributed by atoms with Crippen molar-refractivity contribution in [1.29, 1.82) is 0 Å². The number of allylic oxidation sites excluding steroid dienone is 4. The highest BCUT2D eigenvalue weighted by atomic mass is 32.2. The highest BCUT2D eigenvalue weighted by Crippen LogP contribution is 2.71. The second kappa shape index (κ2) is 10.8. The number of thioether (sulfide) groups is 1. The van der Waals surface area contributed by atoms with Gasteiger partial charge in [0.1, 0.15) is 18.0 Å². The van der Waals surface area contributed by atoms with E-state index in [-0.39, 0.29) is 54.3 Å². The second-order valence-electron chi connectivity index (χ2n) is 12.1. The fourth-order valence-electron chi connectivity index (χ4n) is 8.07. The average Bonchev–Trinajstić information content (AvgIpc) is 3.24. The van der Waals surface area contributed by atoms with Crippen LogP contribution in [0.2, 0.25) is 0 Å². The Morgan fingerprint density at radius 1 is 1.23 bits per heavy atom. The van der Waals surface area contributed by atoms with E-state index < -0.39 is 87.4 Å². The Kier molecular flexibility index (Phi) is 7.92. The van der Waals surface area contributed by atoms with E-state index in [0.29, 0.717) is 0 Å². The van der Waals surface area contributed by atoms with Gasteiger partial charge in [-0.1, -0.05) is 13.0 Å². The van der Waals surface area contributed by atoms with Crippen LogP contribution < -0.4 is 11.1 Å². The first kappa shape index (κ1) is 31.4. The SMILES string of the molecule is C[C@]12C=CC(=O)C=C1[C@@H](F)C[C@H]1[C@@H]3CC[C@](OC(=O)c4ccc(F)c(NC(=O)CN)c4)(C(=O)SCF)[C@@]3(C)C[C@H](O)[C@@]12F. The lowest BCUT2D eigenvalue weighted by molar-refractivity contribution is -0.219. The summed E-state index contributed by atoms with van der Waals surface area (Å²) in [5.41, 5.74) is -2.97. The van der Waals surface area contributed by atoms with Crippen molar-refractivity contribution in [2.24, 2.45) is 28.4 Å². The molecule has 5 rings (SSSR count). The van der Waals surface area contributed by atoms with Crippen LogP contribution in [0.15, 0.2) is 42.0 Å². The number of carbonyl (C=O) groups is 4. The zero-order valence-electron chi connectivity index (χ0n) is 23.5. The van der Waals surface area contributed by atoms with Crippen molar-refractivity contribution in [2.45, 2.75) is 63.1 Å². The van der Waals surface area contributed by atoms with Gasteiger partial charge in [0.05, 0.1) is 23.9 Å². The molecule has 1 aromatic rings. The summed E-state index contributed by atoms with van der Waals surface area (Å²) in [7, 11) is 0. The lowest BCUT2D eigenvalue weighted by Gasteiger charge is -2.63. The van der Waals surface area contributed by atoms with Gasteiger partial charge in [0, 0.05) is 16.7 Å². The van der Waals surface area contributed by atoms with Crippen molar-refractivity contribution in [2.75, 3.05) is 17.9 Å². The number of nitrogens with two attached hydrogens (primary N) is 1. The molecule has 232 valence electrons. The molecule has 43 heavy (non-hydrogen) atoms. The van der Waals surface area contributed by atoms with E-state index in [1.165, 1.54) is 13.0 Å². The first-order chi connectivity index (χ1) is 20.2. The Hall–Kier alpha value is -3.03. The number of amides is 1. The largest absolute Gasteiger partial charge is 0.446 e. The molecule has 0 unspecified atom stereocenters.